The molecule has 0 bridgehead atoms. The second-order valence-corrected chi connectivity index (χ2v) is 5.09. The van der Waals surface area contributed by atoms with Crippen molar-refractivity contribution >= 4 is 5.91 Å². The molecule has 1 aromatic heterocycles. The van der Waals surface area contributed by atoms with Crippen LogP contribution in [0.4, 0.5) is 0 Å². The molecule has 0 spiro atoms. The molecular formula is C18H17N3O4. The molecular weight excluding hydrogens is 322 g/mol. The molecule has 0 radical (unpaired) electrons. The number of carbonyl (C=O) groups is 1. The molecule has 0 aliphatic heterocycles. The Hall–Kier alpha value is -3.35. The Balaban J connectivity index is 1.54. The van der Waals surface area contributed by atoms with Crippen molar-refractivity contribution in [2.24, 2.45) is 0 Å². The minimum absolute atomic E-state index is 0.0858. The standard InChI is InChI=1S/C18H17N3O4/c1-23-15-10-6-5-9-14(15)18-20-17(25-21-18)11-19-16(22)12-24-13-7-3-2-4-8-13/h2-10H,11-12H2,1H3,(H,19,22). The summed E-state index contributed by atoms with van der Waals surface area (Å²) in [6.45, 7) is 0.0383. The Labute approximate surface area is 144 Å². The lowest BCUT2D eigenvalue weighted by atomic mass is 10.2. The monoisotopic (exact) mass is 339 g/mol. The number of hydrogen-bond acceptors (Lipinski definition) is 6. The molecule has 0 saturated heterocycles. The van der Waals surface area contributed by atoms with Gasteiger partial charge in [-0.1, -0.05) is 35.5 Å². The molecule has 0 fully saturated rings. The van der Waals surface area contributed by atoms with Gasteiger partial charge in [-0.25, -0.2) is 0 Å². The van der Waals surface area contributed by atoms with Crippen LogP contribution in [0.1, 0.15) is 5.89 Å². The summed E-state index contributed by atoms with van der Waals surface area (Å²) >= 11 is 0. The summed E-state index contributed by atoms with van der Waals surface area (Å²) in [6.07, 6.45) is 0. The number of benzene rings is 2. The Bertz CT molecular complexity index is 833. The summed E-state index contributed by atoms with van der Waals surface area (Å²) in [7, 11) is 1.58. The van der Waals surface area contributed by atoms with Gasteiger partial charge in [0.1, 0.15) is 11.5 Å². The zero-order chi connectivity index (χ0) is 17.5. The van der Waals surface area contributed by atoms with Crippen LogP contribution in [0.25, 0.3) is 11.4 Å². The van der Waals surface area contributed by atoms with E-state index in [0.29, 0.717) is 23.2 Å². The van der Waals surface area contributed by atoms with Gasteiger partial charge in [0.05, 0.1) is 19.2 Å². The average Bonchev–Trinajstić information content (AvgIpc) is 3.14. The first-order valence-corrected chi connectivity index (χ1v) is 7.67. The molecule has 2 aromatic carbocycles. The summed E-state index contributed by atoms with van der Waals surface area (Å²) < 4.78 is 15.8. The highest BCUT2D eigenvalue weighted by atomic mass is 16.5. The predicted octanol–water partition coefficient (Wildman–Crippen LogP) is 2.44. The molecule has 0 aliphatic carbocycles. The fourth-order valence-corrected chi connectivity index (χ4v) is 2.16. The molecule has 1 amide bonds. The van der Waals surface area contributed by atoms with E-state index < -0.39 is 0 Å². The number of nitrogens with one attached hydrogen (secondary N) is 1. The molecule has 1 N–H and O–H groups in total. The Morgan fingerprint density at radius 3 is 2.68 bits per heavy atom. The van der Waals surface area contributed by atoms with E-state index in [0.717, 1.165) is 5.56 Å². The van der Waals surface area contributed by atoms with Crippen molar-refractivity contribution < 1.29 is 18.8 Å². The first-order chi connectivity index (χ1) is 12.3. The zero-order valence-corrected chi connectivity index (χ0v) is 13.6. The van der Waals surface area contributed by atoms with Gasteiger partial charge in [0.2, 0.25) is 11.7 Å². The fraction of sp³-hybridized carbons (Fsp3) is 0.167. The molecule has 25 heavy (non-hydrogen) atoms. The van der Waals surface area contributed by atoms with Crippen LogP contribution in [0.15, 0.2) is 59.1 Å². The van der Waals surface area contributed by atoms with Crippen LogP contribution in [0.3, 0.4) is 0 Å². The van der Waals surface area contributed by atoms with Crippen molar-refractivity contribution in [1.82, 2.24) is 15.5 Å². The van der Waals surface area contributed by atoms with Crippen LogP contribution in [0.2, 0.25) is 0 Å². The predicted molar refractivity (Wildman–Crippen MR) is 90.1 cm³/mol. The molecule has 0 unspecified atom stereocenters. The van der Waals surface area contributed by atoms with E-state index in [2.05, 4.69) is 15.5 Å². The van der Waals surface area contributed by atoms with E-state index in [-0.39, 0.29) is 19.1 Å². The zero-order valence-electron chi connectivity index (χ0n) is 13.6. The second-order valence-electron chi connectivity index (χ2n) is 5.09. The van der Waals surface area contributed by atoms with E-state index in [1.54, 1.807) is 19.2 Å². The number of para-hydroxylation sites is 2. The van der Waals surface area contributed by atoms with Crippen molar-refractivity contribution in [3.05, 3.63) is 60.5 Å². The van der Waals surface area contributed by atoms with Crippen LogP contribution in [-0.4, -0.2) is 29.8 Å². The lowest BCUT2D eigenvalue weighted by Crippen LogP contribution is -2.28. The molecule has 0 aliphatic rings. The number of amides is 1. The Morgan fingerprint density at radius 2 is 1.88 bits per heavy atom. The number of methoxy groups -OCH3 is 1. The van der Waals surface area contributed by atoms with Gasteiger partial charge in [-0.2, -0.15) is 4.98 Å². The van der Waals surface area contributed by atoms with Gasteiger partial charge < -0.3 is 19.3 Å². The maximum atomic E-state index is 11.8. The van der Waals surface area contributed by atoms with Gasteiger partial charge in [0, 0.05) is 0 Å². The average molecular weight is 339 g/mol. The van der Waals surface area contributed by atoms with Crippen LogP contribution >= 0.6 is 0 Å². The van der Waals surface area contributed by atoms with Crippen molar-refractivity contribution in [3.8, 4) is 22.9 Å². The molecule has 7 nitrogen and oxygen atoms in total. The van der Waals surface area contributed by atoms with Gasteiger partial charge in [0.25, 0.3) is 5.91 Å². The molecule has 1 heterocycles. The van der Waals surface area contributed by atoms with Crippen molar-refractivity contribution in [2.45, 2.75) is 6.54 Å². The van der Waals surface area contributed by atoms with Crippen LogP contribution in [0, 0.1) is 0 Å². The second kappa shape index (κ2) is 7.96. The minimum atomic E-state index is -0.277. The SMILES string of the molecule is COc1ccccc1-c1noc(CNC(=O)COc2ccccc2)n1. The fourth-order valence-electron chi connectivity index (χ4n) is 2.16. The molecule has 3 aromatic rings. The highest BCUT2D eigenvalue weighted by Gasteiger charge is 2.13. The first-order valence-electron chi connectivity index (χ1n) is 7.67. The van der Waals surface area contributed by atoms with Crippen molar-refractivity contribution in [2.75, 3.05) is 13.7 Å². The normalized spacial score (nSPS) is 10.3. The number of rotatable bonds is 7. The van der Waals surface area contributed by atoms with Crippen LogP contribution < -0.4 is 14.8 Å². The number of aromatic nitrogens is 2. The Kier molecular flexibility index (Phi) is 5.26. The molecule has 3 rings (SSSR count). The lowest BCUT2D eigenvalue weighted by molar-refractivity contribution is -0.123. The van der Waals surface area contributed by atoms with Gasteiger partial charge in [-0.15, -0.1) is 0 Å². The van der Waals surface area contributed by atoms with Crippen LogP contribution in [0.5, 0.6) is 11.5 Å². The maximum absolute atomic E-state index is 11.8. The summed E-state index contributed by atoms with van der Waals surface area (Å²) in [4.78, 5) is 16.1. The Morgan fingerprint density at radius 1 is 1.12 bits per heavy atom. The maximum Gasteiger partial charge on any atom is 0.258 e. The largest absolute Gasteiger partial charge is 0.496 e. The van der Waals surface area contributed by atoms with Crippen molar-refractivity contribution in [1.29, 1.82) is 0 Å². The quantitative estimate of drug-likeness (QED) is 0.711. The van der Waals surface area contributed by atoms with E-state index in [1.165, 1.54) is 0 Å². The summed E-state index contributed by atoms with van der Waals surface area (Å²) in [5, 5.41) is 6.59. The van der Waals surface area contributed by atoms with Gasteiger partial charge in [-0.05, 0) is 24.3 Å². The van der Waals surface area contributed by atoms with E-state index in [1.807, 2.05) is 42.5 Å². The molecule has 0 atom stereocenters. The summed E-state index contributed by atoms with van der Waals surface area (Å²) in [6, 6.07) is 16.5. The number of ether oxygens (including phenoxy) is 2. The number of carbonyl (C=O) groups excluding carboxylic acids is 1. The van der Waals surface area contributed by atoms with Gasteiger partial charge >= 0.3 is 0 Å². The summed E-state index contributed by atoms with van der Waals surface area (Å²) in [5.74, 6) is 1.71. The minimum Gasteiger partial charge on any atom is -0.496 e. The van der Waals surface area contributed by atoms with Crippen LogP contribution in [-0.2, 0) is 11.3 Å². The highest BCUT2D eigenvalue weighted by molar-refractivity contribution is 5.77. The highest BCUT2D eigenvalue weighted by Crippen LogP contribution is 2.26. The summed E-state index contributed by atoms with van der Waals surface area (Å²) in [5.41, 5.74) is 0.721. The third kappa shape index (κ3) is 4.35. The third-order valence-electron chi connectivity index (χ3n) is 3.37. The van der Waals surface area contributed by atoms with Gasteiger partial charge in [-0.3, -0.25) is 4.79 Å². The topological polar surface area (TPSA) is 86.5 Å². The third-order valence-corrected chi connectivity index (χ3v) is 3.37. The smallest absolute Gasteiger partial charge is 0.258 e. The van der Waals surface area contributed by atoms with Crippen molar-refractivity contribution in [3.63, 3.8) is 0 Å². The van der Waals surface area contributed by atoms with E-state index in [4.69, 9.17) is 14.0 Å². The first kappa shape index (κ1) is 16.5. The number of hydrogen-bond donors (Lipinski definition) is 1. The molecule has 7 heteroatoms. The van der Waals surface area contributed by atoms with E-state index in [9.17, 15) is 4.79 Å². The van der Waals surface area contributed by atoms with Gasteiger partial charge in [0.15, 0.2) is 6.61 Å². The number of nitrogens with zero attached hydrogens (tertiary/aromatic N) is 2. The lowest BCUT2D eigenvalue weighted by Gasteiger charge is -2.05. The molecule has 128 valence electrons. The molecule has 0 saturated carbocycles. The van der Waals surface area contributed by atoms with E-state index >= 15 is 0 Å².